The van der Waals surface area contributed by atoms with Crippen molar-refractivity contribution in [2.24, 2.45) is 5.16 Å². The molecule has 0 unspecified atom stereocenters. The topological polar surface area (TPSA) is 58.9 Å². The number of carbonyl (C=O) groups excluding carboxylic acids is 1. The van der Waals surface area contributed by atoms with Gasteiger partial charge in [-0.05, 0) is 23.5 Å². The summed E-state index contributed by atoms with van der Waals surface area (Å²) in [4.78, 5) is 11.7. The van der Waals surface area contributed by atoms with E-state index in [1.165, 1.54) is 6.42 Å². The molecular weight excluding hydrogens is 306 g/mol. The summed E-state index contributed by atoms with van der Waals surface area (Å²) < 4.78 is 5.39. The van der Waals surface area contributed by atoms with Gasteiger partial charge in [0, 0.05) is 6.42 Å². The van der Waals surface area contributed by atoms with Crippen LogP contribution in [0.4, 0.5) is 0 Å². The maximum atomic E-state index is 11.7. The number of oxime groups is 1. The predicted octanol–water partition coefficient (Wildman–Crippen LogP) is 3.54. The summed E-state index contributed by atoms with van der Waals surface area (Å²) in [6, 6.07) is 9.59. The number of thioether (sulfide) groups is 2. The molecule has 1 aromatic rings. The van der Waals surface area contributed by atoms with Gasteiger partial charge in [0.15, 0.2) is 0 Å². The highest BCUT2D eigenvalue weighted by Gasteiger charge is 2.21. The van der Waals surface area contributed by atoms with E-state index >= 15 is 0 Å². The molecule has 0 aromatic heterocycles. The number of carbonyl (C=O) groups is 1. The second-order valence-electron chi connectivity index (χ2n) is 4.66. The molecule has 2 rings (SSSR count). The average Bonchev–Trinajstić information content (AvgIpc) is 2.55. The van der Waals surface area contributed by atoms with Gasteiger partial charge in [-0.25, -0.2) is 0 Å². The highest BCUT2D eigenvalue weighted by Crippen LogP contribution is 2.32. The van der Waals surface area contributed by atoms with Gasteiger partial charge in [-0.1, -0.05) is 35.5 Å². The Labute approximate surface area is 133 Å². The molecule has 1 aliphatic heterocycles. The fourth-order valence-electron chi connectivity index (χ4n) is 1.94. The Morgan fingerprint density at radius 3 is 2.62 bits per heavy atom. The van der Waals surface area contributed by atoms with Crippen molar-refractivity contribution in [3.8, 4) is 0 Å². The molecule has 1 aromatic carbocycles. The summed E-state index contributed by atoms with van der Waals surface area (Å²) in [5.74, 6) is 1.90. The van der Waals surface area contributed by atoms with Crippen molar-refractivity contribution in [1.82, 2.24) is 0 Å². The van der Waals surface area contributed by atoms with E-state index in [1.807, 2.05) is 30.3 Å². The smallest absolute Gasteiger partial charge is 0.306 e. The number of benzene rings is 1. The molecule has 1 heterocycles. The lowest BCUT2D eigenvalue weighted by molar-refractivity contribution is -0.144. The van der Waals surface area contributed by atoms with Crippen LogP contribution in [0.5, 0.6) is 0 Å². The van der Waals surface area contributed by atoms with Crippen molar-refractivity contribution in [2.75, 3.05) is 11.5 Å². The minimum absolute atomic E-state index is 0.172. The van der Waals surface area contributed by atoms with E-state index in [0.29, 0.717) is 12.1 Å². The molecule has 1 aliphatic rings. The third kappa shape index (κ3) is 5.63. The molecule has 0 saturated carbocycles. The van der Waals surface area contributed by atoms with Crippen molar-refractivity contribution in [1.29, 1.82) is 0 Å². The first-order valence-corrected chi connectivity index (χ1v) is 9.03. The van der Waals surface area contributed by atoms with E-state index < -0.39 is 0 Å². The molecule has 0 bridgehead atoms. The lowest BCUT2D eigenvalue weighted by Gasteiger charge is -2.21. The van der Waals surface area contributed by atoms with Crippen LogP contribution in [0.1, 0.15) is 24.8 Å². The first kappa shape index (κ1) is 16.2. The first-order valence-electron chi connectivity index (χ1n) is 6.93. The van der Waals surface area contributed by atoms with Gasteiger partial charge in [0.25, 0.3) is 0 Å². The van der Waals surface area contributed by atoms with E-state index in [4.69, 9.17) is 9.94 Å². The summed E-state index contributed by atoms with van der Waals surface area (Å²) in [6.07, 6.45) is 1.89. The number of hydrogen-bond acceptors (Lipinski definition) is 6. The number of rotatable bonds is 6. The standard InChI is InChI=1S/C15H19NO3S2/c17-14(19-11-12-5-2-1-3-6-12)8-7-13(16-18)15-20-9-4-10-21-15/h1-3,5-6,15,18H,4,7-11H2/b16-13-. The normalized spacial score (nSPS) is 16.7. The molecule has 0 spiro atoms. The Hall–Kier alpha value is -1.14. The molecule has 21 heavy (non-hydrogen) atoms. The summed E-state index contributed by atoms with van der Waals surface area (Å²) in [5.41, 5.74) is 1.65. The van der Waals surface area contributed by atoms with Crippen molar-refractivity contribution >= 4 is 35.2 Å². The molecule has 1 saturated heterocycles. The minimum atomic E-state index is -0.259. The molecule has 4 nitrogen and oxygen atoms in total. The van der Waals surface area contributed by atoms with Gasteiger partial charge in [-0.2, -0.15) is 0 Å². The minimum Gasteiger partial charge on any atom is -0.461 e. The highest BCUT2D eigenvalue weighted by atomic mass is 32.2. The molecule has 0 amide bonds. The van der Waals surface area contributed by atoms with Crippen molar-refractivity contribution in [3.63, 3.8) is 0 Å². The maximum Gasteiger partial charge on any atom is 0.306 e. The number of ether oxygens (including phenoxy) is 1. The Bertz CT molecular complexity index is 473. The Kier molecular flexibility index (Phi) is 6.95. The number of hydrogen-bond donors (Lipinski definition) is 1. The van der Waals surface area contributed by atoms with Crippen molar-refractivity contribution in [2.45, 2.75) is 30.5 Å². The summed E-state index contributed by atoms with van der Waals surface area (Å²) >= 11 is 3.56. The van der Waals surface area contributed by atoms with Crippen LogP contribution in [0.2, 0.25) is 0 Å². The van der Waals surface area contributed by atoms with Gasteiger partial charge in [-0.3, -0.25) is 4.79 Å². The van der Waals surface area contributed by atoms with Crippen LogP contribution in [0.3, 0.4) is 0 Å². The second-order valence-corrected chi connectivity index (χ2v) is 7.39. The average molecular weight is 325 g/mol. The van der Waals surface area contributed by atoms with Crippen LogP contribution < -0.4 is 0 Å². The van der Waals surface area contributed by atoms with E-state index in [-0.39, 0.29) is 23.6 Å². The molecular formula is C15H19NO3S2. The van der Waals surface area contributed by atoms with Gasteiger partial charge in [-0.15, -0.1) is 23.5 Å². The monoisotopic (exact) mass is 325 g/mol. The lowest BCUT2D eigenvalue weighted by Crippen LogP contribution is -2.20. The summed E-state index contributed by atoms with van der Waals surface area (Å²) in [5, 5.41) is 12.5. The van der Waals surface area contributed by atoms with Crippen LogP contribution in [0.15, 0.2) is 35.5 Å². The zero-order chi connectivity index (χ0) is 14.9. The second kappa shape index (κ2) is 9.00. The molecule has 0 atom stereocenters. The molecule has 1 N–H and O–H groups in total. The Balaban J connectivity index is 1.72. The Morgan fingerprint density at radius 2 is 1.95 bits per heavy atom. The fourth-order valence-corrected chi connectivity index (χ4v) is 4.85. The van der Waals surface area contributed by atoms with Gasteiger partial charge in [0.05, 0.1) is 16.7 Å². The predicted molar refractivity (Wildman–Crippen MR) is 88.0 cm³/mol. The van der Waals surface area contributed by atoms with Crippen LogP contribution in [0, 0.1) is 0 Å². The van der Waals surface area contributed by atoms with Crippen LogP contribution in [-0.4, -0.2) is 33.0 Å². The summed E-state index contributed by atoms with van der Waals surface area (Å²) in [7, 11) is 0. The van der Waals surface area contributed by atoms with Crippen molar-refractivity contribution < 1.29 is 14.7 Å². The van der Waals surface area contributed by atoms with E-state index in [0.717, 1.165) is 17.1 Å². The number of esters is 1. The SMILES string of the molecule is O=C(CC/C(=N/O)C1SCCCS1)OCc1ccccc1. The van der Waals surface area contributed by atoms with Gasteiger partial charge in [0.1, 0.15) is 6.61 Å². The number of nitrogens with zero attached hydrogens (tertiary/aromatic N) is 1. The van der Waals surface area contributed by atoms with E-state index in [2.05, 4.69) is 5.16 Å². The fraction of sp³-hybridized carbons (Fsp3) is 0.467. The van der Waals surface area contributed by atoms with Gasteiger partial charge >= 0.3 is 5.97 Å². The Morgan fingerprint density at radius 1 is 1.24 bits per heavy atom. The molecule has 1 fully saturated rings. The molecule has 0 aliphatic carbocycles. The molecule has 114 valence electrons. The quantitative estimate of drug-likeness (QED) is 0.375. The third-order valence-corrected chi connectivity index (χ3v) is 6.07. The maximum absolute atomic E-state index is 11.7. The zero-order valence-electron chi connectivity index (χ0n) is 11.7. The summed E-state index contributed by atoms with van der Waals surface area (Å²) in [6.45, 7) is 0.290. The lowest BCUT2D eigenvalue weighted by atomic mass is 10.2. The molecule has 0 radical (unpaired) electrons. The zero-order valence-corrected chi connectivity index (χ0v) is 13.4. The van der Waals surface area contributed by atoms with Crippen LogP contribution >= 0.6 is 23.5 Å². The third-order valence-electron chi connectivity index (χ3n) is 3.06. The first-order chi connectivity index (χ1) is 10.3. The van der Waals surface area contributed by atoms with E-state index in [1.54, 1.807) is 23.5 Å². The van der Waals surface area contributed by atoms with E-state index in [9.17, 15) is 4.79 Å². The van der Waals surface area contributed by atoms with Gasteiger partial charge < -0.3 is 9.94 Å². The largest absolute Gasteiger partial charge is 0.461 e. The van der Waals surface area contributed by atoms with Crippen LogP contribution in [0.25, 0.3) is 0 Å². The van der Waals surface area contributed by atoms with Crippen LogP contribution in [-0.2, 0) is 16.1 Å². The molecule has 6 heteroatoms. The highest BCUT2D eigenvalue weighted by molar-refractivity contribution is 8.18. The van der Waals surface area contributed by atoms with Crippen molar-refractivity contribution in [3.05, 3.63) is 35.9 Å². The van der Waals surface area contributed by atoms with Gasteiger partial charge in [0.2, 0.25) is 0 Å².